The van der Waals surface area contributed by atoms with Crippen molar-refractivity contribution in [2.45, 2.75) is 34.6 Å². The number of amides is 1. The Kier molecular flexibility index (Phi) is 7.51. The van der Waals surface area contributed by atoms with Crippen LogP contribution in [0.15, 0.2) is 87.5 Å². The average Bonchev–Trinajstić information content (AvgIpc) is 2.84. The van der Waals surface area contributed by atoms with Crippen molar-refractivity contribution in [2.24, 2.45) is 5.92 Å². The summed E-state index contributed by atoms with van der Waals surface area (Å²) in [6, 6.07) is 19.5. The molecular formula is C25H23ClN2O5S2. The number of ether oxygens (including phenoxy) is 1. The molecule has 0 spiro atoms. The van der Waals surface area contributed by atoms with Crippen molar-refractivity contribution in [3.63, 3.8) is 0 Å². The summed E-state index contributed by atoms with van der Waals surface area (Å²) in [5, 5.41) is 0.252. The Bertz CT molecular complexity index is 1330. The Hall–Kier alpha value is -2.85. The van der Waals surface area contributed by atoms with Gasteiger partial charge in [0.1, 0.15) is 6.04 Å². The maximum atomic E-state index is 13.3. The van der Waals surface area contributed by atoms with Gasteiger partial charge in [-0.05, 0) is 48.4 Å². The minimum atomic E-state index is -4.04. The highest BCUT2D eigenvalue weighted by Gasteiger charge is 2.32. The Labute approximate surface area is 213 Å². The normalized spacial score (nSPS) is 13.7. The van der Waals surface area contributed by atoms with Gasteiger partial charge in [0.25, 0.3) is 5.91 Å². The summed E-state index contributed by atoms with van der Waals surface area (Å²) >= 11 is 7.47. The second-order valence-corrected chi connectivity index (χ2v) is 11.4. The van der Waals surface area contributed by atoms with Crippen molar-refractivity contribution in [1.82, 2.24) is 4.72 Å². The van der Waals surface area contributed by atoms with Crippen LogP contribution in [0.25, 0.3) is 0 Å². The van der Waals surface area contributed by atoms with Gasteiger partial charge in [-0.25, -0.2) is 8.42 Å². The molecule has 0 saturated carbocycles. The first-order valence-electron chi connectivity index (χ1n) is 10.8. The third-order valence-electron chi connectivity index (χ3n) is 5.33. The molecule has 1 aliphatic heterocycles. The summed E-state index contributed by atoms with van der Waals surface area (Å²) in [4.78, 5) is 29.4. The number of rotatable bonds is 7. The van der Waals surface area contributed by atoms with Gasteiger partial charge in [0.05, 0.1) is 16.3 Å². The molecule has 3 aromatic rings. The summed E-state index contributed by atoms with van der Waals surface area (Å²) < 4.78 is 33.3. The van der Waals surface area contributed by atoms with Crippen LogP contribution in [0.5, 0.6) is 0 Å². The van der Waals surface area contributed by atoms with Gasteiger partial charge in [-0.1, -0.05) is 67.5 Å². The fraction of sp³-hybridized carbons (Fsp3) is 0.200. The van der Waals surface area contributed by atoms with E-state index in [0.717, 1.165) is 9.79 Å². The second-order valence-electron chi connectivity index (χ2n) is 8.17. The van der Waals surface area contributed by atoms with Gasteiger partial charge < -0.3 is 4.74 Å². The highest BCUT2D eigenvalue weighted by molar-refractivity contribution is 7.99. The fourth-order valence-corrected chi connectivity index (χ4v) is 6.28. The highest BCUT2D eigenvalue weighted by atomic mass is 35.5. The number of benzene rings is 3. The predicted molar refractivity (Wildman–Crippen MR) is 136 cm³/mol. The Balaban J connectivity index is 1.51. The van der Waals surface area contributed by atoms with Gasteiger partial charge in [0.15, 0.2) is 6.61 Å². The number of halogens is 1. The second kappa shape index (κ2) is 10.4. The molecule has 35 heavy (non-hydrogen) atoms. The van der Waals surface area contributed by atoms with Crippen LogP contribution in [-0.4, -0.2) is 32.9 Å². The third-order valence-corrected chi connectivity index (χ3v) is 8.13. The number of para-hydroxylation sites is 2. The lowest BCUT2D eigenvalue weighted by Gasteiger charge is -2.31. The molecule has 1 atom stereocenters. The van der Waals surface area contributed by atoms with Crippen LogP contribution >= 0.6 is 23.4 Å². The molecule has 7 nitrogen and oxygen atoms in total. The quantitative estimate of drug-likeness (QED) is 0.431. The maximum absolute atomic E-state index is 13.3. The number of nitrogens with one attached hydrogen (secondary N) is 1. The standard InChI is InChI=1S/C25H23ClN2O5S2/c1-16(2)24(27-35(31,32)18-9-7-8-17(26)14-18)25(30)33-15-23(29)28-19-10-3-5-12-21(19)34-22-13-6-4-11-20(22)28/h3-14,16,24,27H,15H2,1-2H3. The summed E-state index contributed by atoms with van der Waals surface area (Å²) in [7, 11) is -4.04. The van der Waals surface area contributed by atoms with E-state index in [2.05, 4.69) is 4.72 Å². The monoisotopic (exact) mass is 530 g/mol. The zero-order valence-electron chi connectivity index (χ0n) is 19.0. The first-order valence-corrected chi connectivity index (χ1v) is 13.5. The van der Waals surface area contributed by atoms with E-state index in [9.17, 15) is 18.0 Å². The van der Waals surface area contributed by atoms with Gasteiger partial charge in [0, 0.05) is 14.8 Å². The van der Waals surface area contributed by atoms with Crippen LogP contribution < -0.4 is 9.62 Å². The largest absolute Gasteiger partial charge is 0.454 e. The molecule has 182 valence electrons. The van der Waals surface area contributed by atoms with Crippen molar-refractivity contribution in [3.8, 4) is 0 Å². The lowest BCUT2D eigenvalue weighted by molar-refractivity contribution is -0.150. The van der Waals surface area contributed by atoms with Gasteiger partial charge in [-0.3, -0.25) is 14.5 Å². The van der Waals surface area contributed by atoms with Gasteiger partial charge in [0.2, 0.25) is 10.0 Å². The van der Waals surface area contributed by atoms with E-state index in [1.165, 1.54) is 23.1 Å². The van der Waals surface area contributed by atoms with Crippen LogP contribution in [0, 0.1) is 5.92 Å². The first-order chi connectivity index (χ1) is 16.7. The molecule has 10 heteroatoms. The minimum absolute atomic E-state index is 0.0708. The van der Waals surface area contributed by atoms with Crippen molar-refractivity contribution < 1.29 is 22.7 Å². The number of nitrogens with zero attached hydrogens (tertiary/aromatic N) is 1. The maximum Gasteiger partial charge on any atom is 0.324 e. The van der Waals surface area contributed by atoms with Crippen LogP contribution in [0.4, 0.5) is 11.4 Å². The minimum Gasteiger partial charge on any atom is -0.454 e. The van der Waals surface area contributed by atoms with E-state index in [1.807, 2.05) is 48.5 Å². The van der Waals surface area contributed by atoms with Crippen LogP contribution in [0.2, 0.25) is 5.02 Å². The number of carbonyl (C=O) groups is 2. The molecule has 3 aromatic carbocycles. The van der Waals surface area contributed by atoms with Gasteiger partial charge in [-0.2, -0.15) is 4.72 Å². The topological polar surface area (TPSA) is 92.8 Å². The van der Waals surface area contributed by atoms with Crippen molar-refractivity contribution >= 4 is 56.6 Å². The number of anilines is 2. The SMILES string of the molecule is CC(C)C(NS(=O)(=O)c1cccc(Cl)c1)C(=O)OCC(=O)N1c2ccccc2Sc2ccccc21. The van der Waals surface area contributed by atoms with E-state index < -0.39 is 40.5 Å². The van der Waals surface area contributed by atoms with E-state index in [4.69, 9.17) is 16.3 Å². The van der Waals surface area contributed by atoms with E-state index in [-0.39, 0.29) is 9.92 Å². The highest BCUT2D eigenvalue weighted by Crippen LogP contribution is 2.47. The Morgan fingerprint density at radius 2 is 1.57 bits per heavy atom. The predicted octanol–water partition coefficient (Wildman–Crippen LogP) is 5.02. The van der Waals surface area contributed by atoms with Crippen LogP contribution in [0.1, 0.15) is 13.8 Å². The molecule has 0 bridgehead atoms. The molecule has 0 aromatic heterocycles. The third kappa shape index (κ3) is 5.54. The van der Waals surface area contributed by atoms with Gasteiger partial charge >= 0.3 is 5.97 Å². The number of fused-ring (bicyclic) bond motifs is 2. The Morgan fingerprint density at radius 3 is 2.14 bits per heavy atom. The van der Waals surface area contributed by atoms with Crippen LogP contribution in [0.3, 0.4) is 0 Å². The summed E-state index contributed by atoms with van der Waals surface area (Å²) in [5.74, 6) is -1.72. The number of hydrogen-bond donors (Lipinski definition) is 1. The van der Waals surface area contributed by atoms with E-state index in [1.54, 1.807) is 31.7 Å². The molecule has 1 amide bonds. The molecular weight excluding hydrogens is 508 g/mol. The molecule has 4 rings (SSSR count). The number of hydrogen-bond acceptors (Lipinski definition) is 6. The zero-order chi connectivity index (χ0) is 25.2. The molecule has 1 unspecified atom stereocenters. The van der Waals surface area contributed by atoms with Crippen molar-refractivity contribution in [3.05, 3.63) is 77.8 Å². The smallest absolute Gasteiger partial charge is 0.324 e. The average molecular weight is 531 g/mol. The van der Waals surface area contributed by atoms with E-state index >= 15 is 0 Å². The molecule has 1 aliphatic rings. The lowest BCUT2D eigenvalue weighted by atomic mass is 10.1. The molecule has 0 saturated heterocycles. The molecule has 1 heterocycles. The fourth-order valence-electron chi connectivity index (χ4n) is 3.59. The number of carbonyl (C=O) groups excluding carboxylic acids is 2. The lowest BCUT2D eigenvalue weighted by Crippen LogP contribution is -2.46. The Morgan fingerprint density at radius 1 is 0.971 bits per heavy atom. The number of sulfonamides is 1. The number of esters is 1. The summed E-state index contributed by atoms with van der Waals surface area (Å²) in [5.41, 5.74) is 1.39. The first kappa shape index (κ1) is 25.2. The molecule has 0 aliphatic carbocycles. The zero-order valence-corrected chi connectivity index (χ0v) is 21.4. The van der Waals surface area contributed by atoms with Crippen molar-refractivity contribution in [2.75, 3.05) is 11.5 Å². The molecule has 1 N–H and O–H groups in total. The summed E-state index contributed by atoms with van der Waals surface area (Å²) in [6.07, 6.45) is 0. The summed E-state index contributed by atoms with van der Waals surface area (Å²) in [6.45, 7) is 2.82. The van der Waals surface area contributed by atoms with Crippen LogP contribution in [-0.2, 0) is 24.3 Å². The molecule has 0 fully saturated rings. The van der Waals surface area contributed by atoms with E-state index in [0.29, 0.717) is 11.4 Å². The van der Waals surface area contributed by atoms with Crippen molar-refractivity contribution in [1.29, 1.82) is 0 Å². The van der Waals surface area contributed by atoms with Gasteiger partial charge in [-0.15, -0.1) is 0 Å². The molecule has 0 radical (unpaired) electrons.